The molecule has 21 heavy (non-hydrogen) atoms. The molecule has 3 N–H and O–H groups in total. The maximum absolute atomic E-state index is 12.5. The van der Waals surface area contributed by atoms with Gasteiger partial charge in [0.05, 0.1) is 5.56 Å². The van der Waals surface area contributed by atoms with Gasteiger partial charge in [-0.05, 0) is 49.9 Å². The molecule has 2 fully saturated rings. The molecule has 3 heterocycles. The van der Waals surface area contributed by atoms with E-state index in [9.17, 15) is 9.59 Å². The lowest BCUT2D eigenvalue weighted by Gasteiger charge is -2.20. The van der Waals surface area contributed by atoms with Crippen LogP contribution in [-0.2, 0) is 0 Å². The van der Waals surface area contributed by atoms with Crippen molar-refractivity contribution < 1.29 is 9.59 Å². The van der Waals surface area contributed by atoms with Gasteiger partial charge in [-0.1, -0.05) is 0 Å². The minimum absolute atomic E-state index is 0.00791. The third kappa shape index (κ3) is 2.90. The quantitative estimate of drug-likeness (QED) is 0.816. The number of nitrogens with one attached hydrogen (secondary N) is 1. The molecular formula is C15H20N4O2. The van der Waals surface area contributed by atoms with E-state index >= 15 is 0 Å². The third-order valence-corrected chi connectivity index (χ3v) is 4.57. The van der Waals surface area contributed by atoms with E-state index in [4.69, 9.17) is 5.73 Å². The van der Waals surface area contributed by atoms with Crippen molar-refractivity contribution in [3.8, 4) is 0 Å². The number of pyridine rings is 1. The molecule has 2 amide bonds. The van der Waals surface area contributed by atoms with Crippen LogP contribution in [0.1, 0.15) is 33.7 Å². The summed E-state index contributed by atoms with van der Waals surface area (Å²) < 4.78 is 0. The second-order valence-corrected chi connectivity index (χ2v) is 5.84. The van der Waals surface area contributed by atoms with Crippen molar-refractivity contribution in [3.63, 3.8) is 0 Å². The Morgan fingerprint density at radius 1 is 1.19 bits per heavy atom. The number of nitrogens with two attached hydrogens (primary N) is 1. The Balaban J connectivity index is 1.68. The number of likely N-dealkylation sites (tertiary alicyclic amines) is 1. The molecule has 6 heteroatoms. The number of hydrogen-bond donors (Lipinski definition) is 2. The topological polar surface area (TPSA) is 88.3 Å². The van der Waals surface area contributed by atoms with Crippen LogP contribution in [0.25, 0.3) is 0 Å². The van der Waals surface area contributed by atoms with E-state index in [1.165, 1.54) is 12.3 Å². The Hall–Kier alpha value is -1.95. The van der Waals surface area contributed by atoms with Crippen molar-refractivity contribution in [2.45, 2.75) is 12.8 Å². The molecule has 0 radical (unpaired) electrons. The van der Waals surface area contributed by atoms with Crippen LogP contribution in [0.3, 0.4) is 0 Å². The summed E-state index contributed by atoms with van der Waals surface area (Å²) in [4.78, 5) is 29.4. The number of carbonyl (C=O) groups is 2. The summed E-state index contributed by atoms with van der Waals surface area (Å²) in [6, 6.07) is 3.13. The fourth-order valence-electron chi connectivity index (χ4n) is 3.27. The summed E-state index contributed by atoms with van der Waals surface area (Å²) in [7, 11) is 0. The van der Waals surface area contributed by atoms with E-state index in [0.717, 1.165) is 39.0 Å². The largest absolute Gasteiger partial charge is 0.364 e. The molecule has 1 aromatic heterocycles. The zero-order valence-electron chi connectivity index (χ0n) is 11.9. The van der Waals surface area contributed by atoms with Crippen LogP contribution in [-0.4, -0.2) is 47.9 Å². The second kappa shape index (κ2) is 5.81. The number of amides is 2. The minimum atomic E-state index is -0.580. The van der Waals surface area contributed by atoms with E-state index in [-0.39, 0.29) is 11.6 Å². The van der Waals surface area contributed by atoms with Crippen molar-refractivity contribution in [1.82, 2.24) is 15.2 Å². The average Bonchev–Trinajstić information content (AvgIpc) is 2.85. The van der Waals surface area contributed by atoms with E-state index < -0.39 is 5.91 Å². The fourth-order valence-corrected chi connectivity index (χ4v) is 3.27. The maximum atomic E-state index is 12.5. The number of hydrogen-bond acceptors (Lipinski definition) is 4. The predicted molar refractivity (Wildman–Crippen MR) is 77.7 cm³/mol. The molecule has 0 spiro atoms. The molecule has 112 valence electrons. The highest BCUT2D eigenvalue weighted by Gasteiger charge is 2.31. The minimum Gasteiger partial charge on any atom is -0.364 e. The molecule has 0 bridgehead atoms. The van der Waals surface area contributed by atoms with Crippen LogP contribution in [0.4, 0.5) is 0 Å². The van der Waals surface area contributed by atoms with E-state index in [1.54, 1.807) is 6.07 Å². The molecule has 1 aromatic rings. The van der Waals surface area contributed by atoms with Gasteiger partial charge in [0.15, 0.2) is 0 Å². The highest BCUT2D eigenvalue weighted by Crippen LogP contribution is 2.27. The lowest BCUT2D eigenvalue weighted by molar-refractivity contribution is 0.0757. The van der Waals surface area contributed by atoms with Gasteiger partial charge in [-0.15, -0.1) is 0 Å². The second-order valence-electron chi connectivity index (χ2n) is 5.84. The first-order chi connectivity index (χ1) is 10.1. The van der Waals surface area contributed by atoms with Gasteiger partial charge in [-0.25, -0.2) is 0 Å². The Bertz CT molecular complexity index is 529. The number of nitrogens with zero attached hydrogens (tertiary/aromatic N) is 2. The summed E-state index contributed by atoms with van der Waals surface area (Å²) in [6.07, 6.45) is 3.54. The lowest BCUT2D eigenvalue weighted by atomic mass is 9.92. The van der Waals surface area contributed by atoms with Crippen molar-refractivity contribution >= 4 is 11.8 Å². The zero-order chi connectivity index (χ0) is 14.8. The van der Waals surface area contributed by atoms with Gasteiger partial charge in [0.1, 0.15) is 5.69 Å². The smallest absolute Gasteiger partial charge is 0.267 e. The number of rotatable bonds is 2. The van der Waals surface area contributed by atoms with Gasteiger partial charge in [0.25, 0.3) is 11.8 Å². The molecule has 2 saturated heterocycles. The molecule has 2 aliphatic heterocycles. The molecule has 0 unspecified atom stereocenters. The molecule has 3 rings (SSSR count). The standard InChI is InChI=1S/C15H20N4O2/c16-14(20)13-2-1-12(9-18-13)15(21)19-5-3-10-7-17-8-11(10)4-6-19/h1-2,9-11,17H,3-8H2,(H2,16,20)/t10-,11+. The SMILES string of the molecule is NC(=O)c1ccc(C(=O)N2CC[C@@H]3CNC[C@@H]3CC2)cn1. The van der Waals surface area contributed by atoms with Crippen molar-refractivity contribution in [2.75, 3.05) is 26.2 Å². The van der Waals surface area contributed by atoms with Gasteiger partial charge in [-0.3, -0.25) is 14.6 Å². The van der Waals surface area contributed by atoms with E-state index in [1.807, 2.05) is 4.90 Å². The van der Waals surface area contributed by atoms with Gasteiger partial charge >= 0.3 is 0 Å². The summed E-state index contributed by atoms with van der Waals surface area (Å²) in [5.41, 5.74) is 5.86. The first-order valence-corrected chi connectivity index (χ1v) is 7.41. The Labute approximate surface area is 123 Å². The Morgan fingerprint density at radius 2 is 1.86 bits per heavy atom. The van der Waals surface area contributed by atoms with Crippen LogP contribution in [0.2, 0.25) is 0 Å². The summed E-state index contributed by atoms with van der Waals surface area (Å²) in [5, 5.41) is 3.43. The molecule has 6 nitrogen and oxygen atoms in total. The number of primary amides is 1. The van der Waals surface area contributed by atoms with Crippen LogP contribution in [0.15, 0.2) is 18.3 Å². The molecule has 0 saturated carbocycles. The molecular weight excluding hydrogens is 268 g/mol. The van der Waals surface area contributed by atoms with Crippen molar-refractivity contribution in [2.24, 2.45) is 17.6 Å². The third-order valence-electron chi connectivity index (χ3n) is 4.57. The number of carbonyl (C=O) groups excluding carboxylic acids is 2. The van der Waals surface area contributed by atoms with Crippen LogP contribution < -0.4 is 11.1 Å². The van der Waals surface area contributed by atoms with E-state index in [0.29, 0.717) is 17.4 Å². The maximum Gasteiger partial charge on any atom is 0.267 e. The van der Waals surface area contributed by atoms with Gasteiger partial charge in [0.2, 0.25) is 0 Å². The van der Waals surface area contributed by atoms with Crippen molar-refractivity contribution in [1.29, 1.82) is 0 Å². The fraction of sp³-hybridized carbons (Fsp3) is 0.533. The summed E-state index contributed by atoms with van der Waals surface area (Å²) >= 11 is 0. The van der Waals surface area contributed by atoms with Crippen LogP contribution in [0.5, 0.6) is 0 Å². The highest BCUT2D eigenvalue weighted by atomic mass is 16.2. The molecule has 0 aromatic carbocycles. The molecule has 2 atom stereocenters. The lowest BCUT2D eigenvalue weighted by Crippen LogP contribution is -2.33. The first kappa shape index (κ1) is 14.0. The highest BCUT2D eigenvalue weighted by molar-refractivity contribution is 5.95. The Morgan fingerprint density at radius 3 is 2.38 bits per heavy atom. The average molecular weight is 288 g/mol. The summed E-state index contributed by atoms with van der Waals surface area (Å²) in [6.45, 7) is 3.72. The predicted octanol–water partition coefficient (Wildman–Crippen LogP) is 0.252. The number of fused-ring (bicyclic) bond motifs is 1. The number of aromatic nitrogens is 1. The zero-order valence-corrected chi connectivity index (χ0v) is 11.9. The molecule has 0 aliphatic carbocycles. The Kier molecular flexibility index (Phi) is 3.88. The van der Waals surface area contributed by atoms with Crippen molar-refractivity contribution in [3.05, 3.63) is 29.6 Å². The first-order valence-electron chi connectivity index (χ1n) is 7.41. The van der Waals surface area contributed by atoms with Crippen LogP contribution >= 0.6 is 0 Å². The van der Waals surface area contributed by atoms with E-state index in [2.05, 4.69) is 10.3 Å². The summed E-state index contributed by atoms with van der Waals surface area (Å²) in [5.74, 6) is 0.798. The normalized spacial score (nSPS) is 25.2. The van der Waals surface area contributed by atoms with Gasteiger partial charge < -0.3 is 16.0 Å². The molecule has 2 aliphatic rings. The van der Waals surface area contributed by atoms with Crippen LogP contribution in [0, 0.1) is 11.8 Å². The van der Waals surface area contributed by atoms with Gasteiger partial charge in [0, 0.05) is 19.3 Å². The van der Waals surface area contributed by atoms with Gasteiger partial charge in [-0.2, -0.15) is 0 Å². The monoisotopic (exact) mass is 288 g/mol.